The highest BCUT2D eigenvalue weighted by Gasteiger charge is 2.19. The second-order valence-electron chi connectivity index (χ2n) is 4.86. The van der Waals surface area contributed by atoms with Crippen molar-refractivity contribution in [1.29, 1.82) is 0 Å². The molecule has 0 saturated carbocycles. The third-order valence-corrected chi connectivity index (χ3v) is 4.57. The average molecular weight is 242 g/mol. The first-order valence-electron chi connectivity index (χ1n) is 6.42. The van der Waals surface area contributed by atoms with E-state index < -0.39 is 0 Å². The molecule has 2 aliphatic heterocycles. The van der Waals surface area contributed by atoms with Gasteiger partial charge in [0.2, 0.25) is 5.91 Å². The summed E-state index contributed by atoms with van der Waals surface area (Å²) in [6.07, 6.45) is 5.65. The summed E-state index contributed by atoms with van der Waals surface area (Å²) in [5, 5.41) is 6.46. The van der Waals surface area contributed by atoms with Gasteiger partial charge in [-0.3, -0.25) is 4.79 Å². The summed E-state index contributed by atoms with van der Waals surface area (Å²) >= 11 is 2.02. The van der Waals surface area contributed by atoms with Gasteiger partial charge >= 0.3 is 0 Å². The summed E-state index contributed by atoms with van der Waals surface area (Å²) < 4.78 is 0. The molecule has 3 nitrogen and oxygen atoms in total. The lowest BCUT2D eigenvalue weighted by molar-refractivity contribution is -0.122. The van der Waals surface area contributed by atoms with Crippen molar-refractivity contribution < 1.29 is 4.79 Å². The van der Waals surface area contributed by atoms with E-state index in [-0.39, 0.29) is 5.91 Å². The van der Waals surface area contributed by atoms with Gasteiger partial charge in [0.25, 0.3) is 0 Å². The van der Waals surface area contributed by atoms with Crippen LogP contribution in [0.25, 0.3) is 0 Å². The third-order valence-electron chi connectivity index (χ3n) is 3.52. The van der Waals surface area contributed by atoms with Gasteiger partial charge in [-0.15, -0.1) is 0 Å². The molecule has 0 aliphatic carbocycles. The van der Waals surface area contributed by atoms with Crippen LogP contribution in [0, 0.1) is 5.92 Å². The van der Waals surface area contributed by atoms with E-state index in [1.54, 1.807) is 0 Å². The highest BCUT2D eigenvalue weighted by molar-refractivity contribution is 7.99. The van der Waals surface area contributed by atoms with Crippen LogP contribution in [0.2, 0.25) is 0 Å². The maximum Gasteiger partial charge on any atom is 0.220 e. The Morgan fingerprint density at radius 3 is 2.81 bits per heavy atom. The summed E-state index contributed by atoms with van der Waals surface area (Å²) in [6, 6.07) is 0.519. The van der Waals surface area contributed by atoms with Gasteiger partial charge in [-0.1, -0.05) is 0 Å². The fourth-order valence-electron chi connectivity index (χ4n) is 2.45. The van der Waals surface area contributed by atoms with Crippen molar-refractivity contribution in [3.63, 3.8) is 0 Å². The standard InChI is InChI=1S/C12H22N2OS/c15-12(8-10-3-6-16-7-4-10)14-9-11-2-1-5-13-11/h10-11,13H,1-9H2,(H,14,15). The molecule has 2 saturated heterocycles. The van der Waals surface area contributed by atoms with E-state index >= 15 is 0 Å². The van der Waals surface area contributed by atoms with E-state index in [1.165, 1.54) is 37.2 Å². The van der Waals surface area contributed by atoms with Crippen molar-refractivity contribution in [2.75, 3.05) is 24.6 Å². The molecule has 1 unspecified atom stereocenters. The average Bonchev–Trinajstić information content (AvgIpc) is 2.81. The monoisotopic (exact) mass is 242 g/mol. The molecule has 2 N–H and O–H groups in total. The highest BCUT2D eigenvalue weighted by atomic mass is 32.2. The van der Waals surface area contributed by atoms with Gasteiger partial charge in [-0.05, 0) is 49.7 Å². The number of nitrogens with one attached hydrogen (secondary N) is 2. The summed E-state index contributed by atoms with van der Waals surface area (Å²) in [7, 11) is 0. The number of hydrogen-bond donors (Lipinski definition) is 2. The maximum absolute atomic E-state index is 11.7. The van der Waals surface area contributed by atoms with Crippen molar-refractivity contribution in [2.45, 2.75) is 38.1 Å². The molecule has 2 fully saturated rings. The number of carbonyl (C=O) groups excluding carboxylic acids is 1. The Balaban J connectivity index is 1.59. The summed E-state index contributed by atoms with van der Waals surface area (Å²) in [4.78, 5) is 11.7. The molecule has 0 aromatic rings. The Labute approximate surface area is 102 Å². The lowest BCUT2D eigenvalue weighted by Crippen LogP contribution is -2.37. The largest absolute Gasteiger partial charge is 0.355 e. The van der Waals surface area contributed by atoms with Crippen LogP contribution in [-0.4, -0.2) is 36.5 Å². The van der Waals surface area contributed by atoms with Gasteiger partial charge < -0.3 is 10.6 Å². The first-order valence-corrected chi connectivity index (χ1v) is 7.58. The van der Waals surface area contributed by atoms with E-state index in [9.17, 15) is 4.79 Å². The number of carbonyl (C=O) groups is 1. The molecule has 0 spiro atoms. The van der Waals surface area contributed by atoms with Crippen molar-refractivity contribution in [2.24, 2.45) is 5.92 Å². The minimum Gasteiger partial charge on any atom is -0.355 e. The highest BCUT2D eigenvalue weighted by Crippen LogP contribution is 2.24. The Bertz CT molecular complexity index is 223. The van der Waals surface area contributed by atoms with Crippen molar-refractivity contribution in [1.82, 2.24) is 10.6 Å². The van der Waals surface area contributed by atoms with E-state index in [0.29, 0.717) is 12.0 Å². The van der Waals surface area contributed by atoms with Gasteiger partial charge in [0.1, 0.15) is 0 Å². The number of thioether (sulfide) groups is 1. The van der Waals surface area contributed by atoms with Crippen LogP contribution >= 0.6 is 11.8 Å². The molecule has 92 valence electrons. The zero-order valence-electron chi connectivity index (χ0n) is 9.84. The summed E-state index contributed by atoms with van der Waals surface area (Å²) in [6.45, 7) is 1.93. The summed E-state index contributed by atoms with van der Waals surface area (Å²) in [5.74, 6) is 3.37. The van der Waals surface area contributed by atoms with Crippen LogP contribution in [0.1, 0.15) is 32.1 Å². The molecule has 16 heavy (non-hydrogen) atoms. The minimum atomic E-state index is 0.255. The molecule has 0 aromatic carbocycles. The van der Waals surface area contributed by atoms with Gasteiger partial charge in [0.05, 0.1) is 0 Å². The van der Waals surface area contributed by atoms with Gasteiger partial charge in [-0.25, -0.2) is 0 Å². The van der Waals surface area contributed by atoms with E-state index in [4.69, 9.17) is 0 Å². The Kier molecular flexibility index (Phi) is 4.97. The van der Waals surface area contributed by atoms with E-state index in [0.717, 1.165) is 19.5 Å². The van der Waals surface area contributed by atoms with Crippen LogP contribution in [0.5, 0.6) is 0 Å². The first kappa shape index (κ1) is 12.2. The molecule has 1 atom stereocenters. The zero-order chi connectivity index (χ0) is 11.2. The molecule has 0 radical (unpaired) electrons. The quantitative estimate of drug-likeness (QED) is 0.783. The molecule has 4 heteroatoms. The van der Waals surface area contributed by atoms with Gasteiger partial charge in [0, 0.05) is 19.0 Å². The molecule has 2 aliphatic rings. The number of rotatable bonds is 4. The minimum absolute atomic E-state index is 0.255. The van der Waals surface area contributed by atoms with Gasteiger partial charge in [0.15, 0.2) is 0 Å². The molecular weight excluding hydrogens is 220 g/mol. The zero-order valence-corrected chi connectivity index (χ0v) is 10.7. The number of hydrogen-bond acceptors (Lipinski definition) is 3. The fourth-order valence-corrected chi connectivity index (χ4v) is 3.66. The normalized spacial score (nSPS) is 26.9. The Morgan fingerprint density at radius 2 is 2.12 bits per heavy atom. The topological polar surface area (TPSA) is 41.1 Å². The summed E-state index contributed by atoms with van der Waals surface area (Å²) in [5.41, 5.74) is 0. The maximum atomic E-state index is 11.7. The lowest BCUT2D eigenvalue weighted by Gasteiger charge is -2.21. The second-order valence-corrected chi connectivity index (χ2v) is 6.08. The van der Waals surface area contributed by atoms with Gasteiger partial charge in [-0.2, -0.15) is 11.8 Å². The van der Waals surface area contributed by atoms with Crippen molar-refractivity contribution in [3.05, 3.63) is 0 Å². The fraction of sp³-hybridized carbons (Fsp3) is 0.917. The lowest BCUT2D eigenvalue weighted by atomic mass is 9.98. The molecule has 2 rings (SSSR count). The van der Waals surface area contributed by atoms with Crippen LogP contribution in [-0.2, 0) is 4.79 Å². The van der Waals surface area contributed by atoms with E-state index in [2.05, 4.69) is 10.6 Å². The Morgan fingerprint density at radius 1 is 1.31 bits per heavy atom. The first-order chi connectivity index (χ1) is 7.84. The van der Waals surface area contributed by atoms with Crippen LogP contribution in [0.3, 0.4) is 0 Å². The molecule has 2 heterocycles. The SMILES string of the molecule is O=C(CC1CCSCC1)NCC1CCCN1. The molecular formula is C12H22N2OS. The van der Waals surface area contributed by atoms with Crippen LogP contribution in [0.15, 0.2) is 0 Å². The third kappa shape index (κ3) is 3.98. The number of amides is 1. The smallest absolute Gasteiger partial charge is 0.220 e. The van der Waals surface area contributed by atoms with Crippen LogP contribution in [0.4, 0.5) is 0 Å². The molecule has 0 aromatic heterocycles. The van der Waals surface area contributed by atoms with Crippen LogP contribution < -0.4 is 10.6 Å². The van der Waals surface area contributed by atoms with Crippen molar-refractivity contribution >= 4 is 17.7 Å². The molecule has 0 bridgehead atoms. The molecule has 1 amide bonds. The van der Waals surface area contributed by atoms with E-state index in [1.807, 2.05) is 11.8 Å². The Hall–Kier alpha value is -0.220. The predicted octanol–water partition coefficient (Wildman–Crippen LogP) is 1.39. The van der Waals surface area contributed by atoms with Crippen molar-refractivity contribution in [3.8, 4) is 0 Å². The predicted molar refractivity (Wildman–Crippen MR) is 68.7 cm³/mol. The second kappa shape index (κ2) is 6.50.